The molecule has 7 nitrogen and oxygen atoms in total. The average molecular weight is 468 g/mol. The predicted octanol–water partition coefficient (Wildman–Crippen LogP) is 3.63. The first kappa shape index (κ1) is 20.9. The Morgan fingerprint density at radius 2 is 1.70 bits per heavy atom. The van der Waals surface area contributed by atoms with Crippen molar-refractivity contribution in [2.24, 2.45) is 7.05 Å². The number of benzene rings is 2. The minimum absolute atomic E-state index is 0.320. The van der Waals surface area contributed by atoms with Crippen molar-refractivity contribution in [3.63, 3.8) is 0 Å². The molecule has 0 radical (unpaired) electrons. The number of nitrogens with zero attached hydrogens (tertiary/aromatic N) is 2. The first-order valence-electron chi connectivity index (χ1n) is 11.7. The maximum Gasteiger partial charge on any atom is 0.163 e. The fraction of sp³-hybridized carbons (Fsp3) is 0.440. The van der Waals surface area contributed by atoms with Crippen LogP contribution in [0.5, 0.6) is 11.5 Å². The summed E-state index contributed by atoms with van der Waals surface area (Å²) in [5.74, 6) is 2.20. The topological polar surface area (TPSA) is 72.8 Å². The minimum atomic E-state index is -2.84. The Kier molecular flexibility index (Phi) is 5.03. The standard InChI is InChI=1S/C25H29N3O4S/c1-27-22-4-2-17(26-18-3-5-24-25(15-18)32-11-10-31-24)14-20(22)21-16-28(9-6-23(21)27)19-7-12-33(29,30)13-8-19/h2-5,14-15,19,26H,6-13,16H2,1H3. The summed E-state index contributed by atoms with van der Waals surface area (Å²) in [5.41, 5.74) is 6.00. The van der Waals surface area contributed by atoms with Gasteiger partial charge in [-0.05, 0) is 48.7 Å². The monoisotopic (exact) mass is 467 g/mol. The molecule has 1 aromatic heterocycles. The Balaban J connectivity index is 1.28. The van der Waals surface area contributed by atoms with E-state index in [1.165, 1.54) is 22.2 Å². The van der Waals surface area contributed by atoms with Crippen molar-refractivity contribution in [2.75, 3.05) is 36.6 Å². The lowest BCUT2D eigenvalue weighted by Crippen LogP contribution is -2.43. The minimum Gasteiger partial charge on any atom is -0.486 e. The van der Waals surface area contributed by atoms with Gasteiger partial charge in [-0.3, -0.25) is 4.90 Å². The van der Waals surface area contributed by atoms with Crippen LogP contribution in [0.1, 0.15) is 24.1 Å². The van der Waals surface area contributed by atoms with Gasteiger partial charge in [0, 0.05) is 66.6 Å². The van der Waals surface area contributed by atoms with Gasteiger partial charge in [0.05, 0.1) is 11.5 Å². The Morgan fingerprint density at radius 1 is 0.970 bits per heavy atom. The van der Waals surface area contributed by atoms with Crippen LogP contribution in [0.2, 0.25) is 0 Å². The van der Waals surface area contributed by atoms with E-state index in [0.717, 1.165) is 55.2 Å². The number of ether oxygens (including phenoxy) is 2. The number of nitrogens with one attached hydrogen (secondary N) is 1. The van der Waals surface area contributed by atoms with Crippen LogP contribution in [0.15, 0.2) is 36.4 Å². The third-order valence-corrected chi connectivity index (χ3v) is 9.02. The fourth-order valence-electron chi connectivity index (χ4n) is 5.52. The molecule has 1 N–H and O–H groups in total. The van der Waals surface area contributed by atoms with Crippen molar-refractivity contribution in [2.45, 2.75) is 31.8 Å². The highest BCUT2D eigenvalue weighted by Gasteiger charge is 2.31. The molecule has 33 heavy (non-hydrogen) atoms. The van der Waals surface area contributed by atoms with E-state index in [-0.39, 0.29) is 0 Å². The Bertz CT molecular complexity index is 1320. The summed E-state index contributed by atoms with van der Waals surface area (Å²) in [6, 6.07) is 12.8. The number of sulfone groups is 1. The van der Waals surface area contributed by atoms with Crippen LogP contribution in [0.3, 0.4) is 0 Å². The second kappa shape index (κ2) is 7.95. The average Bonchev–Trinajstić information content (AvgIpc) is 3.10. The van der Waals surface area contributed by atoms with Gasteiger partial charge in [0.25, 0.3) is 0 Å². The molecule has 0 saturated carbocycles. The van der Waals surface area contributed by atoms with E-state index in [1.54, 1.807) is 0 Å². The summed E-state index contributed by atoms with van der Waals surface area (Å²) in [6.07, 6.45) is 2.49. The Morgan fingerprint density at radius 3 is 2.52 bits per heavy atom. The molecule has 3 aliphatic heterocycles. The summed E-state index contributed by atoms with van der Waals surface area (Å²) in [7, 11) is -0.692. The van der Waals surface area contributed by atoms with Crippen LogP contribution in [-0.4, -0.2) is 55.2 Å². The highest BCUT2D eigenvalue weighted by Crippen LogP contribution is 2.36. The number of aromatic nitrogens is 1. The molecular formula is C25H29N3O4S. The van der Waals surface area contributed by atoms with Crippen LogP contribution in [0.25, 0.3) is 10.9 Å². The Hall–Kier alpha value is -2.71. The SMILES string of the molecule is Cn1c2c(c3cc(Nc4ccc5c(c4)OCCO5)ccc31)CN(C1CCS(=O)(=O)CC1)CC2. The van der Waals surface area contributed by atoms with E-state index in [4.69, 9.17) is 9.47 Å². The lowest BCUT2D eigenvalue weighted by Gasteiger charge is -2.37. The fourth-order valence-corrected chi connectivity index (χ4v) is 6.99. The predicted molar refractivity (Wildman–Crippen MR) is 129 cm³/mol. The highest BCUT2D eigenvalue weighted by atomic mass is 32.2. The molecule has 1 fully saturated rings. The van der Waals surface area contributed by atoms with Gasteiger partial charge >= 0.3 is 0 Å². The number of hydrogen-bond donors (Lipinski definition) is 1. The smallest absolute Gasteiger partial charge is 0.163 e. The van der Waals surface area contributed by atoms with Crippen LogP contribution < -0.4 is 14.8 Å². The molecule has 1 saturated heterocycles. The normalized spacial score (nSPS) is 20.5. The van der Waals surface area contributed by atoms with Crippen molar-refractivity contribution in [1.29, 1.82) is 0 Å². The van der Waals surface area contributed by atoms with Gasteiger partial charge in [-0.15, -0.1) is 0 Å². The molecule has 0 aliphatic carbocycles. The first-order valence-corrected chi connectivity index (χ1v) is 13.5. The summed E-state index contributed by atoms with van der Waals surface area (Å²) >= 11 is 0. The summed E-state index contributed by atoms with van der Waals surface area (Å²) in [5, 5.41) is 4.79. The highest BCUT2D eigenvalue weighted by molar-refractivity contribution is 7.91. The van der Waals surface area contributed by atoms with Crippen LogP contribution >= 0.6 is 0 Å². The maximum absolute atomic E-state index is 11.9. The van der Waals surface area contributed by atoms with E-state index in [0.29, 0.717) is 30.8 Å². The van der Waals surface area contributed by atoms with E-state index in [1.807, 2.05) is 18.2 Å². The van der Waals surface area contributed by atoms with Gasteiger partial charge in [-0.25, -0.2) is 8.42 Å². The number of fused-ring (bicyclic) bond motifs is 4. The van der Waals surface area contributed by atoms with Crippen LogP contribution in [0, 0.1) is 0 Å². The molecule has 0 bridgehead atoms. The molecule has 3 aliphatic rings. The van der Waals surface area contributed by atoms with E-state index in [2.05, 4.69) is 40.0 Å². The van der Waals surface area contributed by atoms with Crippen molar-refractivity contribution < 1.29 is 17.9 Å². The molecule has 4 heterocycles. The van der Waals surface area contributed by atoms with E-state index >= 15 is 0 Å². The quantitative estimate of drug-likeness (QED) is 0.634. The Labute approximate surface area is 194 Å². The summed E-state index contributed by atoms with van der Waals surface area (Å²) in [6.45, 7) is 3.03. The molecule has 0 amide bonds. The van der Waals surface area contributed by atoms with Gasteiger partial charge < -0.3 is 19.4 Å². The van der Waals surface area contributed by atoms with Gasteiger partial charge in [0.1, 0.15) is 23.1 Å². The number of aryl methyl sites for hydroxylation is 1. The molecule has 0 unspecified atom stereocenters. The molecule has 0 atom stereocenters. The number of anilines is 2. The van der Waals surface area contributed by atoms with Crippen LogP contribution in [-0.2, 0) is 29.9 Å². The van der Waals surface area contributed by atoms with Crippen molar-refractivity contribution in [3.8, 4) is 11.5 Å². The molecule has 3 aromatic rings. The molecule has 8 heteroatoms. The van der Waals surface area contributed by atoms with Gasteiger partial charge in [-0.1, -0.05) is 0 Å². The lowest BCUT2D eigenvalue weighted by atomic mass is 10.0. The van der Waals surface area contributed by atoms with E-state index < -0.39 is 9.84 Å². The molecule has 2 aromatic carbocycles. The third-order valence-electron chi connectivity index (χ3n) is 7.30. The maximum atomic E-state index is 11.9. The molecule has 174 valence electrons. The number of rotatable bonds is 3. The van der Waals surface area contributed by atoms with Gasteiger partial charge in [-0.2, -0.15) is 0 Å². The first-order chi connectivity index (χ1) is 16.0. The third kappa shape index (κ3) is 3.85. The van der Waals surface area contributed by atoms with Crippen molar-refractivity contribution in [1.82, 2.24) is 9.47 Å². The second-order valence-electron chi connectivity index (χ2n) is 9.30. The summed E-state index contributed by atoms with van der Waals surface area (Å²) < 4.78 is 37.4. The largest absolute Gasteiger partial charge is 0.486 e. The van der Waals surface area contributed by atoms with Crippen LogP contribution in [0.4, 0.5) is 11.4 Å². The van der Waals surface area contributed by atoms with Crippen molar-refractivity contribution in [3.05, 3.63) is 47.7 Å². The summed E-state index contributed by atoms with van der Waals surface area (Å²) in [4.78, 5) is 2.50. The number of hydrogen-bond acceptors (Lipinski definition) is 6. The lowest BCUT2D eigenvalue weighted by molar-refractivity contribution is 0.166. The zero-order valence-corrected chi connectivity index (χ0v) is 19.7. The zero-order valence-electron chi connectivity index (χ0n) is 18.8. The van der Waals surface area contributed by atoms with Gasteiger partial charge in [0.2, 0.25) is 0 Å². The van der Waals surface area contributed by atoms with Gasteiger partial charge in [0.15, 0.2) is 11.5 Å². The molecular weight excluding hydrogens is 438 g/mol. The second-order valence-corrected chi connectivity index (χ2v) is 11.6. The van der Waals surface area contributed by atoms with Crippen molar-refractivity contribution >= 4 is 32.1 Å². The molecule has 6 rings (SSSR count). The molecule has 0 spiro atoms. The zero-order chi connectivity index (χ0) is 22.6. The van der Waals surface area contributed by atoms with E-state index in [9.17, 15) is 8.42 Å².